The van der Waals surface area contributed by atoms with Gasteiger partial charge in [-0.05, 0) is 56.1 Å². The highest BCUT2D eigenvalue weighted by molar-refractivity contribution is 7.80. The van der Waals surface area contributed by atoms with Crippen LogP contribution in [0.4, 0.5) is 23.2 Å². The minimum Gasteiger partial charge on any atom is -0.341 e. The van der Waals surface area contributed by atoms with Gasteiger partial charge in [0.2, 0.25) is 5.52 Å². The van der Waals surface area contributed by atoms with Crippen LogP contribution in [0.25, 0.3) is 17.0 Å². The number of nitrogens with zero attached hydrogens (tertiary/aromatic N) is 3. The van der Waals surface area contributed by atoms with E-state index in [1.807, 2.05) is 54.2 Å². The van der Waals surface area contributed by atoms with Gasteiger partial charge in [-0.15, -0.1) is 5.06 Å². The number of benzene rings is 2. The number of aromatic nitrogens is 1. The third-order valence-corrected chi connectivity index (χ3v) is 9.39. The summed E-state index contributed by atoms with van der Waals surface area (Å²) in [5.41, 5.74) is 0.674. The van der Waals surface area contributed by atoms with Crippen molar-refractivity contribution in [3.8, 4) is 0 Å². The fraction of sp³-hybridized carbons (Fsp3) is 0.389. The molecule has 1 aromatic heterocycles. The quantitative estimate of drug-likeness (QED) is 0.0394. The third-order valence-electron chi connectivity index (χ3n) is 9.07. The van der Waals surface area contributed by atoms with E-state index in [2.05, 4.69) is 12.6 Å². The zero-order valence-electron chi connectivity index (χ0n) is 26.9. The first kappa shape index (κ1) is 35.1. The van der Waals surface area contributed by atoms with Crippen molar-refractivity contribution in [2.24, 2.45) is 7.05 Å². The normalized spacial score (nSPS) is 18.6. The molecule has 0 N–H and O–H groups in total. The second-order valence-corrected chi connectivity index (χ2v) is 12.8. The molecule has 3 aromatic rings. The van der Waals surface area contributed by atoms with E-state index in [1.165, 1.54) is 4.90 Å². The standard InChI is InChI=1S/C36H37F4N3O4S/c1-36(19-7-9-22-48)26(14-10-11-23-18-21-41(2)25-13-6-5-12-24(23)25)42(35-30(36)31(37)32(38)33(39)34(35)40)20-8-3-4-15-29(46)47-43-27(44)16-17-28(43)45/h5-6,10-14,18,21H,3-4,7-9,15-17,19-20,22H2,1-2H3/p+1. The first-order valence-corrected chi connectivity index (χ1v) is 16.7. The number of unbranched alkanes of at least 4 members (excludes halogenated alkanes) is 3. The number of halogens is 4. The summed E-state index contributed by atoms with van der Waals surface area (Å²) in [5.74, 6) is -7.89. The van der Waals surface area contributed by atoms with Gasteiger partial charge >= 0.3 is 5.97 Å². The molecule has 3 heterocycles. The SMILES string of the molecule is C[n+]1ccc(C=CC=C2N(CCCCCC(=O)ON3C(=O)CCC3=O)c3c(F)c(F)c(F)c(F)c3C2(C)CCCCS)c2ccccc21. The number of pyridine rings is 1. The van der Waals surface area contributed by atoms with Gasteiger partial charge in [-0.2, -0.15) is 12.6 Å². The fourth-order valence-electron chi connectivity index (χ4n) is 6.57. The number of hydroxylamine groups is 2. The fourth-order valence-corrected chi connectivity index (χ4v) is 6.79. The number of hydrogen-bond acceptors (Lipinski definition) is 6. The maximum absolute atomic E-state index is 15.7. The molecule has 2 aliphatic rings. The minimum atomic E-state index is -1.87. The van der Waals surface area contributed by atoms with E-state index in [0.717, 1.165) is 16.5 Å². The molecule has 0 bridgehead atoms. The number of fused-ring (bicyclic) bond motifs is 2. The van der Waals surface area contributed by atoms with E-state index in [9.17, 15) is 23.2 Å². The number of anilines is 1. The Morgan fingerprint density at radius 3 is 2.40 bits per heavy atom. The lowest BCUT2D eigenvalue weighted by Gasteiger charge is -2.30. The van der Waals surface area contributed by atoms with Gasteiger partial charge in [-0.3, -0.25) is 9.59 Å². The molecule has 2 aliphatic heterocycles. The summed E-state index contributed by atoms with van der Waals surface area (Å²) in [5, 5.41) is 1.49. The molecule has 0 radical (unpaired) electrons. The zero-order chi connectivity index (χ0) is 34.6. The van der Waals surface area contributed by atoms with Crippen molar-refractivity contribution in [3.05, 3.63) is 88.8 Å². The van der Waals surface area contributed by atoms with Crippen LogP contribution in [0.1, 0.15) is 75.8 Å². The molecule has 254 valence electrons. The van der Waals surface area contributed by atoms with Gasteiger partial charge in [0.05, 0.1) is 11.1 Å². The Morgan fingerprint density at radius 1 is 0.958 bits per heavy atom. The molecule has 0 saturated carbocycles. The Hall–Kier alpha value is -4.19. The highest BCUT2D eigenvalue weighted by atomic mass is 32.1. The van der Waals surface area contributed by atoms with Crippen LogP contribution in [0.3, 0.4) is 0 Å². The van der Waals surface area contributed by atoms with E-state index >= 15 is 8.78 Å². The van der Waals surface area contributed by atoms with Gasteiger partial charge < -0.3 is 9.74 Å². The van der Waals surface area contributed by atoms with Crippen LogP contribution in [-0.2, 0) is 31.7 Å². The zero-order valence-corrected chi connectivity index (χ0v) is 27.8. The number of carbonyl (C=O) groups is 3. The van der Waals surface area contributed by atoms with Gasteiger partial charge in [-0.25, -0.2) is 26.9 Å². The van der Waals surface area contributed by atoms with Crippen LogP contribution >= 0.6 is 12.6 Å². The molecule has 0 aliphatic carbocycles. The second kappa shape index (κ2) is 14.9. The van der Waals surface area contributed by atoms with E-state index in [-0.39, 0.29) is 37.1 Å². The van der Waals surface area contributed by atoms with Crippen molar-refractivity contribution < 1.29 is 41.3 Å². The number of rotatable bonds is 13. The Labute approximate surface area is 282 Å². The number of aryl methyl sites for hydroxylation is 1. The number of allylic oxidation sites excluding steroid dienone is 3. The lowest BCUT2D eigenvalue weighted by atomic mass is 9.76. The summed E-state index contributed by atoms with van der Waals surface area (Å²) in [7, 11) is 1.95. The molecule has 1 fully saturated rings. The summed E-state index contributed by atoms with van der Waals surface area (Å²) >= 11 is 4.29. The van der Waals surface area contributed by atoms with Crippen LogP contribution in [0.2, 0.25) is 0 Å². The number of imide groups is 1. The molecule has 7 nitrogen and oxygen atoms in total. The molecule has 1 unspecified atom stereocenters. The van der Waals surface area contributed by atoms with E-state index in [0.29, 0.717) is 55.0 Å². The number of para-hydroxylation sites is 1. The predicted molar refractivity (Wildman–Crippen MR) is 177 cm³/mol. The Balaban J connectivity index is 1.44. The minimum absolute atomic E-state index is 0.00957. The van der Waals surface area contributed by atoms with Crippen molar-refractivity contribution in [2.45, 2.75) is 70.1 Å². The number of amides is 2. The van der Waals surface area contributed by atoms with Crippen molar-refractivity contribution in [2.75, 3.05) is 17.2 Å². The third kappa shape index (κ3) is 6.85. The average Bonchev–Trinajstić information content (AvgIpc) is 3.51. The van der Waals surface area contributed by atoms with Crippen LogP contribution in [0, 0.1) is 23.3 Å². The summed E-state index contributed by atoms with van der Waals surface area (Å²) in [6, 6.07) is 9.83. The lowest BCUT2D eigenvalue weighted by molar-refractivity contribution is -0.644. The average molecular weight is 685 g/mol. The molecule has 5 rings (SSSR count). The molecule has 2 amide bonds. The topological polar surface area (TPSA) is 70.8 Å². The van der Waals surface area contributed by atoms with Gasteiger partial charge in [0, 0.05) is 54.6 Å². The molecule has 48 heavy (non-hydrogen) atoms. The van der Waals surface area contributed by atoms with Crippen molar-refractivity contribution >= 4 is 53.1 Å². The van der Waals surface area contributed by atoms with Gasteiger partial charge in [0.1, 0.15) is 7.05 Å². The summed E-state index contributed by atoms with van der Waals surface area (Å²) in [6.45, 7) is 1.84. The number of thiol groups is 1. The monoisotopic (exact) mass is 684 g/mol. The predicted octanol–water partition coefficient (Wildman–Crippen LogP) is 7.16. The van der Waals surface area contributed by atoms with Gasteiger partial charge in [0.15, 0.2) is 29.5 Å². The molecule has 1 saturated heterocycles. The van der Waals surface area contributed by atoms with E-state index in [4.69, 9.17) is 4.84 Å². The maximum atomic E-state index is 15.7. The maximum Gasteiger partial charge on any atom is 0.333 e. The second-order valence-electron chi connectivity index (χ2n) is 12.3. The molecular formula is C36H38F4N3O4S+. The molecule has 0 spiro atoms. The largest absolute Gasteiger partial charge is 0.341 e. The summed E-state index contributed by atoms with van der Waals surface area (Å²) < 4.78 is 62.8. The molecule has 2 aromatic carbocycles. The Kier molecular flexibility index (Phi) is 10.9. The van der Waals surface area contributed by atoms with Crippen molar-refractivity contribution in [1.29, 1.82) is 0 Å². The summed E-state index contributed by atoms with van der Waals surface area (Å²) in [6.07, 6.45) is 9.99. The van der Waals surface area contributed by atoms with Gasteiger partial charge in [0.25, 0.3) is 11.8 Å². The van der Waals surface area contributed by atoms with Crippen LogP contribution < -0.4 is 9.47 Å². The first-order chi connectivity index (χ1) is 23.0. The molecule has 1 atom stereocenters. The van der Waals surface area contributed by atoms with Crippen molar-refractivity contribution in [1.82, 2.24) is 5.06 Å². The highest BCUT2D eigenvalue weighted by Crippen LogP contribution is 2.54. The van der Waals surface area contributed by atoms with E-state index < -0.39 is 46.5 Å². The molecule has 12 heteroatoms. The lowest BCUT2D eigenvalue weighted by Crippen LogP contribution is -2.32. The van der Waals surface area contributed by atoms with Crippen LogP contribution in [0.5, 0.6) is 0 Å². The van der Waals surface area contributed by atoms with Gasteiger partial charge in [-0.1, -0.05) is 37.1 Å². The first-order valence-electron chi connectivity index (χ1n) is 16.1. The number of carbonyl (C=O) groups excluding carboxylic acids is 3. The smallest absolute Gasteiger partial charge is 0.333 e. The molecular weight excluding hydrogens is 646 g/mol. The van der Waals surface area contributed by atoms with E-state index in [1.54, 1.807) is 19.1 Å². The highest BCUT2D eigenvalue weighted by Gasteiger charge is 2.48. The summed E-state index contributed by atoms with van der Waals surface area (Å²) in [4.78, 5) is 42.2. The number of hydrogen-bond donors (Lipinski definition) is 1. The van der Waals surface area contributed by atoms with Crippen LogP contribution in [0.15, 0.2) is 54.4 Å². The van der Waals surface area contributed by atoms with Crippen LogP contribution in [-0.4, -0.2) is 35.1 Å². The Morgan fingerprint density at radius 2 is 1.67 bits per heavy atom. The Bertz CT molecular complexity index is 1800. The van der Waals surface area contributed by atoms with Crippen molar-refractivity contribution in [3.63, 3.8) is 0 Å².